The fraction of sp³-hybridized carbons (Fsp3) is 0.571. The van der Waals surface area contributed by atoms with Gasteiger partial charge >= 0.3 is 0 Å². The van der Waals surface area contributed by atoms with Crippen LogP contribution >= 0.6 is 0 Å². The van der Waals surface area contributed by atoms with E-state index in [4.69, 9.17) is 15.2 Å². The van der Waals surface area contributed by atoms with Crippen molar-refractivity contribution in [2.24, 2.45) is 5.73 Å². The van der Waals surface area contributed by atoms with Crippen molar-refractivity contribution in [1.82, 2.24) is 0 Å². The summed E-state index contributed by atoms with van der Waals surface area (Å²) in [5, 5.41) is 0. The topological polar surface area (TPSA) is 44.5 Å². The lowest BCUT2D eigenvalue weighted by Crippen LogP contribution is -2.32. The highest BCUT2D eigenvalue weighted by atomic mass is 19.1. The number of methoxy groups -OCH3 is 2. The Labute approximate surface area is 108 Å². The highest BCUT2D eigenvalue weighted by Gasteiger charge is 2.30. The predicted octanol–water partition coefficient (Wildman–Crippen LogP) is 2.33. The number of rotatable bonds is 8. The van der Waals surface area contributed by atoms with Gasteiger partial charge in [-0.2, -0.15) is 0 Å². The third-order valence-corrected chi connectivity index (χ3v) is 2.93. The van der Waals surface area contributed by atoms with Crippen LogP contribution in [0.4, 0.5) is 4.39 Å². The summed E-state index contributed by atoms with van der Waals surface area (Å²) in [4.78, 5) is 0. The Bertz CT molecular complexity index is 359. The number of alkyl halides is 1. The molecule has 3 nitrogen and oxygen atoms in total. The summed E-state index contributed by atoms with van der Waals surface area (Å²) in [6, 6.07) is 7.48. The Kier molecular flexibility index (Phi) is 6.09. The lowest BCUT2D eigenvalue weighted by atomic mass is 9.92. The van der Waals surface area contributed by atoms with Gasteiger partial charge in [-0.05, 0) is 31.0 Å². The first-order valence-corrected chi connectivity index (χ1v) is 6.15. The minimum atomic E-state index is -1.39. The summed E-state index contributed by atoms with van der Waals surface area (Å²) < 4.78 is 25.0. The quantitative estimate of drug-likeness (QED) is 0.775. The highest BCUT2D eigenvalue weighted by Crippen LogP contribution is 2.28. The average Bonchev–Trinajstić information content (AvgIpc) is 2.37. The molecule has 4 heteroatoms. The molecule has 0 aromatic heterocycles. The third kappa shape index (κ3) is 4.27. The van der Waals surface area contributed by atoms with Crippen LogP contribution in [-0.2, 0) is 11.2 Å². The van der Waals surface area contributed by atoms with E-state index < -0.39 is 5.67 Å². The maximum Gasteiger partial charge on any atom is 0.138 e. The molecule has 1 unspecified atom stereocenters. The molecule has 0 spiro atoms. The van der Waals surface area contributed by atoms with Crippen molar-refractivity contribution in [3.05, 3.63) is 29.8 Å². The average molecular weight is 255 g/mol. The maximum atomic E-state index is 14.7. The smallest absolute Gasteiger partial charge is 0.138 e. The van der Waals surface area contributed by atoms with Crippen molar-refractivity contribution in [3.63, 3.8) is 0 Å². The summed E-state index contributed by atoms with van der Waals surface area (Å²) >= 11 is 0. The van der Waals surface area contributed by atoms with Gasteiger partial charge in [-0.1, -0.05) is 18.2 Å². The number of nitrogens with two attached hydrogens (primary N) is 1. The van der Waals surface area contributed by atoms with Crippen molar-refractivity contribution in [2.45, 2.75) is 24.9 Å². The van der Waals surface area contributed by atoms with Crippen molar-refractivity contribution in [1.29, 1.82) is 0 Å². The number of benzene rings is 1. The first-order valence-electron chi connectivity index (χ1n) is 6.15. The van der Waals surface area contributed by atoms with Crippen LogP contribution in [0.5, 0.6) is 5.75 Å². The van der Waals surface area contributed by atoms with Crippen LogP contribution in [0.15, 0.2) is 24.3 Å². The zero-order valence-corrected chi connectivity index (χ0v) is 11.1. The minimum absolute atomic E-state index is 0.0745. The van der Waals surface area contributed by atoms with Crippen molar-refractivity contribution >= 4 is 0 Å². The molecule has 0 saturated heterocycles. The van der Waals surface area contributed by atoms with Crippen molar-refractivity contribution in [2.75, 3.05) is 27.4 Å². The molecule has 102 valence electrons. The van der Waals surface area contributed by atoms with Gasteiger partial charge in [-0.25, -0.2) is 4.39 Å². The van der Waals surface area contributed by atoms with Gasteiger partial charge in [0.05, 0.1) is 13.7 Å². The number of halogens is 1. The van der Waals surface area contributed by atoms with Gasteiger partial charge in [0.15, 0.2) is 0 Å². The van der Waals surface area contributed by atoms with Crippen molar-refractivity contribution in [3.8, 4) is 5.75 Å². The maximum absolute atomic E-state index is 14.7. The van der Waals surface area contributed by atoms with Gasteiger partial charge in [0.25, 0.3) is 0 Å². The molecular weight excluding hydrogens is 233 g/mol. The molecule has 0 saturated carbocycles. The van der Waals surface area contributed by atoms with E-state index in [0.29, 0.717) is 25.1 Å². The Hall–Kier alpha value is -1.13. The summed E-state index contributed by atoms with van der Waals surface area (Å²) in [6.07, 6.45) is 1.33. The van der Waals surface area contributed by atoms with E-state index in [2.05, 4.69) is 0 Å². The van der Waals surface area contributed by atoms with E-state index in [1.165, 1.54) is 7.11 Å². The van der Waals surface area contributed by atoms with Crippen LogP contribution in [0.1, 0.15) is 18.4 Å². The Balaban J connectivity index is 2.81. The van der Waals surface area contributed by atoms with Crippen LogP contribution in [0.25, 0.3) is 0 Å². The molecule has 0 aliphatic rings. The predicted molar refractivity (Wildman–Crippen MR) is 70.7 cm³/mol. The van der Waals surface area contributed by atoms with Gasteiger partial charge in [-0.3, -0.25) is 0 Å². The van der Waals surface area contributed by atoms with Crippen LogP contribution < -0.4 is 10.5 Å². The zero-order valence-electron chi connectivity index (χ0n) is 11.1. The Morgan fingerprint density at radius 3 is 2.61 bits per heavy atom. The van der Waals surface area contributed by atoms with Crippen molar-refractivity contribution < 1.29 is 13.9 Å². The van der Waals surface area contributed by atoms with E-state index in [1.807, 2.05) is 24.3 Å². The normalized spacial score (nSPS) is 14.2. The van der Waals surface area contributed by atoms with Gasteiger partial charge in [-0.15, -0.1) is 0 Å². The Morgan fingerprint density at radius 2 is 2.00 bits per heavy atom. The molecule has 1 aromatic carbocycles. The molecule has 1 rings (SSSR count). The van der Waals surface area contributed by atoms with E-state index in [1.54, 1.807) is 7.11 Å². The lowest BCUT2D eigenvalue weighted by Gasteiger charge is -2.25. The molecule has 0 bridgehead atoms. The fourth-order valence-electron chi connectivity index (χ4n) is 2.08. The molecule has 0 aliphatic heterocycles. The van der Waals surface area contributed by atoms with E-state index in [0.717, 1.165) is 5.56 Å². The molecule has 1 atom stereocenters. The zero-order chi connectivity index (χ0) is 13.4. The van der Waals surface area contributed by atoms with Crippen LogP contribution in [0, 0.1) is 0 Å². The van der Waals surface area contributed by atoms with Gasteiger partial charge in [0.2, 0.25) is 0 Å². The summed E-state index contributed by atoms with van der Waals surface area (Å²) in [7, 11) is 3.11. The third-order valence-electron chi connectivity index (χ3n) is 2.93. The van der Waals surface area contributed by atoms with Crippen LogP contribution in [-0.4, -0.2) is 33.0 Å². The van der Waals surface area contributed by atoms with Crippen LogP contribution in [0.2, 0.25) is 0 Å². The molecule has 2 N–H and O–H groups in total. The largest absolute Gasteiger partial charge is 0.496 e. The number of para-hydroxylation sites is 1. The molecule has 0 fully saturated rings. The summed E-state index contributed by atoms with van der Waals surface area (Å²) in [6.45, 7) is 0.562. The molecular formula is C14H22FNO2. The molecule has 0 aliphatic carbocycles. The van der Waals surface area contributed by atoms with Crippen LogP contribution in [0.3, 0.4) is 0 Å². The van der Waals surface area contributed by atoms with Gasteiger partial charge in [0.1, 0.15) is 11.4 Å². The first kappa shape index (κ1) is 14.9. The second kappa shape index (κ2) is 7.34. The second-order valence-corrected chi connectivity index (χ2v) is 4.46. The van der Waals surface area contributed by atoms with E-state index in [-0.39, 0.29) is 13.0 Å². The molecule has 1 aromatic rings. The standard InChI is InChI=1S/C14H22FNO2/c1-17-11-14(15,8-5-9-16)10-12-6-3-4-7-13(12)18-2/h3-4,6-7H,5,8-11,16H2,1-2H3. The summed E-state index contributed by atoms with van der Waals surface area (Å²) in [5.41, 5.74) is 4.92. The Morgan fingerprint density at radius 1 is 1.28 bits per heavy atom. The van der Waals surface area contributed by atoms with Gasteiger partial charge < -0.3 is 15.2 Å². The monoisotopic (exact) mass is 255 g/mol. The molecule has 0 heterocycles. The van der Waals surface area contributed by atoms with Gasteiger partial charge in [0, 0.05) is 13.5 Å². The first-order chi connectivity index (χ1) is 8.65. The number of hydrogen-bond donors (Lipinski definition) is 1. The number of ether oxygens (including phenoxy) is 2. The SMILES string of the molecule is COCC(F)(CCCN)Cc1ccccc1OC. The number of hydrogen-bond acceptors (Lipinski definition) is 3. The minimum Gasteiger partial charge on any atom is -0.496 e. The molecule has 0 radical (unpaired) electrons. The fourth-order valence-corrected chi connectivity index (χ4v) is 2.08. The second-order valence-electron chi connectivity index (χ2n) is 4.46. The van der Waals surface area contributed by atoms with E-state index >= 15 is 0 Å². The summed E-state index contributed by atoms with van der Waals surface area (Å²) in [5.74, 6) is 0.711. The molecule has 0 amide bonds. The van der Waals surface area contributed by atoms with E-state index in [9.17, 15) is 4.39 Å². The highest BCUT2D eigenvalue weighted by molar-refractivity contribution is 5.34. The lowest BCUT2D eigenvalue weighted by molar-refractivity contribution is 0.0330. The molecule has 18 heavy (non-hydrogen) atoms.